The van der Waals surface area contributed by atoms with Gasteiger partial charge in [0.05, 0.1) is 10.7 Å². The molecule has 0 saturated carbocycles. The first-order valence-electron chi connectivity index (χ1n) is 8.14. The van der Waals surface area contributed by atoms with Crippen LogP contribution >= 0.6 is 11.8 Å². The van der Waals surface area contributed by atoms with Gasteiger partial charge in [-0.15, -0.1) is 16.8 Å². The number of hydrogen-bond donors (Lipinski definition) is 0. The van der Waals surface area contributed by atoms with E-state index in [2.05, 4.69) is 28.6 Å². The van der Waals surface area contributed by atoms with Gasteiger partial charge < -0.3 is 0 Å². The SMILES string of the molecule is C=CCn1c(SCC#Cc2ccccc2)nnc1-c1ccc([N+](=O)[O-])cc1. The number of nitrogens with zero attached hydrogens (tertiary/aromatic N) is 4. The summed E-state index contributed by atoms with van der Waals surface area (Å²) in [6.45, 7) is 4.32. The normalized spacial score (nSPS) is 10.1. The minimum Gasteiger partial charge on any atom is -0.298 e. The highest BCUT2D eigenvalue weighted by atomic mass is 32.2. The summed E-state index contributed by atoms with van der Waals surface area (Å²) >= 11 is 1.49. The topological polar surface area (TPSA) is 73.8 Å². The Bertz CT molecular complexity index is 1000. The quantitative estimate of drug-likeness (QED) is 0.212. The number of benzene rings is 2. The zero-order valence-electron chi connectivity index (χ0n) is 14.4. The lowest BCUT2D eigenvalue weighted by Crippen LogP contribution is -2.00. The maximum atomic E-state index is 10.8. The molecule has 2 aromatic carbocycles. The largest absolute Gasteiger partial charge is 0.298 e. The highest BCUT2D eigenvalue weighted by molar-refractivity contribution is 7.99. The van der Waals surface area contributed by atoms with Crippen molar-refractivity contribution in [2.75, 3.05) is 5.75 Å². The molecule has 0 radical (unpaired) electrons. The van der Waals surface area contributed by atoms with Crippen molar-refractivity contribution in [2.24, 2.45) is 0 Å². The maximum Gasteiger partial charge on any atom is 0.269 e. The van der Waals surface area contributed by atoms with Crippen LogP contribution in [0.15, 0.2) is 72.4 Å². The Kier molecular flexibility index (Phi) is 6.02. The molecule has 0 N–H and O–H groups in total. The van der Waals surface area contributed by atoms with Crippen molar-refractivity contribution in [2.45, 2.75) is 11.7 Å². The third-order valence-electron chi connectivity index (χ3n) is 3.64. The molecule has 7 heteroatoms. The van der Waals surface area contributed by atoms with Crippen LogP contribution in [0, 0.1) is 22.0 Å². The second kappa shape index (κ2) is 8.83. The Labute approximate surface area is 161 Å². The van der Waals surface area contributed by atoms with Crippen LogP contribution in [0.3, 0.4) is 0 Å². The van der Waals surface area contributed by atoms with Crippen molar-refractivity contribution in [1.82, 2.24) is 14.8 Å². The van der Waals surface area contributed by atoms with Gasteiger partial charge >= 0.3 is 0 Å². The molecular weight excluding hydrogens is 360 g/mol. The first-order valence-corrected chi connectivity index (χ1v) is 9.13. The molecule has 3 aromatic rings. The number of aromatic nitrogens is 3. The summed E-state index contributed by atoms with van der Waals surface area (Å²) in [5.74, 6) is 7.44. The van der Waals surface area contributed by atoms with Gasteiger partial charge in [-0.2, -0.15) is 0 Å². The number of non-ortho nitro benzene ring substituents is 1. The molecule has 1 aromatic heterocycles. The second-order valence-corrected chi connectivity index (χ2v) is 6.41. The monoisotopic (exact) mass is 376 g/mol. The van der Waals surface area contributed by atoms with Gasteiger partial charge in [-0.1, -0.05) is 47.9 Å². The Morgan fingerprint density at radius 3 is 2.56 bits per heavy atom. The van der Waals surface area contributed by atoms with Gasteiger partial charge in [0.15, 0.2) is 11.0 Å². The number of nitro benzene ring substituents is 1. The lowest BCUT2D eigenvalue weighted by Gasteiger charge is -2.06. The molecule has 3 rings (SSSR count). The van der Waals surface area contributed by atoms with Crippen molar-refractivity contribution < 1.29 is 4.92 Å². The molecular formula is C20H16N4O2S. The molecule has 134 valence electrons. The first-order chi connectivity index (χ1) is 13.2. The van der Waals surface area contributed by atoms with Crippen molar-refractivity contribution in [3.63, 3.8) is 0 Å². The summed E-state index contributed by atoms with van der Waals surface area (Å²) in [6, 6.07) is 16.0. The zero-order valence-corrected chi connectivity index (χ0v) is 15.2. The average molecular weight is 376 g/mol. The molecule has 0 amide bonds. The van der Waals surface area contributed by atoms with Crippen molar-refractivity contribution in [1.29, 1.82) is 0 Å². The number of rotatable bonds is 6. The Morgan fingerprint density at radius 1 is 1.15 bits per heavy atom. The van der Waals surface area contributed by atoms with Gasteiger partial charge in [0.25, 0.3) is 5.69 Å². The van der Waals surface area contributed by atoms with E-state index in [4.69, 9.17) is 0 Å². The van der Waals surface area contributed by atoms with E-state index >= 15 is 0 Å². The van der Waals surface area contributed by atoms with Crippen LogP contribution in [0.5, 0.6) is 0 Å². The molecule has 0 atom stereocenters. The van der Waals surface area contributed by atoms with Gasteiger partial charge in [0, 0.05) is 29.8 Å². The van der Waals surface area contributed by atoms with Gasteiger partial charge in [-0.3, -0.25) is 14.7 Å². The fourth-order valence-corrected chi connectivity index (χ4v) is 3.08. The minimum atomic E-state index is -0.426. The summed E-state index contributed by atoms with van der Waals surface area (Å²) in [6.07, 6.45) is 1.76. The fourth-order valence-electron chi connectivity index (χ4n) is 2.40. The van der Waals surface area contributed by atoms with Crippen LogP contribution in [0.1, 0.15) is 5.56 Å². The number of nitro groups is 1. The van der Waals surface area contributed by atoms with E-state index in [0.717, 1.165) is 16.3 Å². The number of allylic oxidation sites excluding steroid dienone is 1. The molecule has 0 aliphatic carbocycles. The van der Waals surface area contributed by atoms with Crippen molar-refractivity contribution in [3.05, 3.63) is 82.9 Å². The standard InChI is InChI=1S/C20H16N4O2S/c1-2-14-23-19(17-10-12-18(13-11-17)24(25)26)21-22-20(23)27-15-6-9-16-7-4-3-5-8-16/h2-5,7-8,10-13H,1,14-15H2. The molecule has 0 saturated heterocycles. The lowest BCUT2D eigenvalue weighted by molar-refractivity contribution is -0.384. The molecule has 1 heterocycles. The van der Waals surface area contributed by atoms with E-state index in [-0.39, 0.29) is 5.69 Å². The van der Waals surface area contributed by atoms with Crippen LogP contribution in [-0.2, 0) is 6.54 Å². The molecule has 0 spiro atoms. The third kappa shape index (κ3) is 4.63. The zero-order chi connectivity index (χ0) is 19.1. The average Bonchev–Trinajstić information content (AvgIpc) is 3.09. The summed E-state index contributed by atoms with van der Waals surface area (Å²) < 4.78 is 1.92. The van der Waals surface area contributed by atoms with Crippen molar-refractivity contribution in [3.8, 4) is 23.2 Å². The Morgan fingerprint density at radius 2 is 1.89 bits per heavy atom. The molecule has 0 bridgehead atoms. The predicted molar refractivity (Wildman–Crippen MR) is 106 cm³/mol. The first kappa shape index (κ1) is 18.4. The second-order valence-electron chi connectivity index (χ2n) is 5.47. The lowest BCUT2D eigenvalue weighted by atomic mass is 10.2. The van der Waals surface area contributed by atoms with Gasteiger partial charge in [0.1, 0.15) is 0 Å². The summed E-state index contributed by atoms with van der Waals surface area (Å²) in [5, 5.41) is 20.0. The van der Waals surface area contributed by atoms with E-state index in [1.165, 1.54) is 23.9 Å². The number of hydrogen-bond acceptors (Lipinski definition) is 5. The third-order valence-corrected chi connectivity index (χ3v) is 4.49. The van der Waals surface area contributed by atoms with E-state index in [1.54, 1.807) is 18.2 Å². The highest BCUT2D eigenvalue weighted by Gasteiger charge is 2.14. The smallest absolute Gasteiger partial charge is 0.269 e. The molecule has 0 fully saturated rings. The Hall–Kier alpha value is -3.37. The summed E-state index contributed by atoms with van der Waals surface area (Å²) in [7, 11) is 0. The van der Waals surface area contributed by atoms with E-state index < -0.39 is 4.92 Å². The maximum absolute atomic E-state index is 10.8. The Balaban J connectivity index is 1.78. The summed E-state index contributed by atoms with van der Waals surface area (Å²) in [4.78, 5) is 10.4. The van der Waals surface area contributed by atoms with Crippen LogP contribution < -0.4 is 0 Å². The molecule has 27 heavy (non-hydrogen) atoms. The highest BCUT2D eigenvalue weighted by Crippen LogP contribution is 2.25. The molecule has 6 nitrogen and oxygen atoms in total. The van der Waals surface area contributed by atoms with Crippen molar-refractivity contribution >= 4 is 17.4 Å². The molecule has 0 aliphatic rings. The van der Waals surface area contributed by atoms with Crippen LogP contribution in [0.4, 0.5) is 5.69 Å². The van der Waals surface area contributed by atoms with Crippen LogP contribution in [0.25, 0.3) is 11.4 Å². The van der Waals surface area contributed by atoms with Crippen LogP contribution in [0.2, 0.25) is 0 Å². The van der Waals surface area contributed by atoms with Gasteiger partial charge in [-0.05, 0) is 24.3 Å². The number of thioether (sulfide) groups is 1. The van der Waals surface area contributed by atoms with E-state index in [9.17, 15) is 10.1 Å². The van der Waals surface area contributed by atoms with E-state index in [1.807, 2.05) is 34.9 Å². The molecule has 0 aliphatic heterocycles. The van der Waals surface area contributed by atoms with E-state index in [0.29, 0.717) is 18.1 Å². The fraction of sp³-hybridized carbons (Fsp3) is 0.100. The minimum absolute atomic E-state index is 0.0410. The van der Waals surface area contributed by atoms with Crippen LogP contribution in [-0.4, -0.2) is 25.4 Å². The molecule has 0 unspecified atom stereocenters. The predicted octanol–water partition coefficient (Wildman–Crippen LogP) is 4.18. The summed E-state index contributed by atoms with van der Waals surface area (Å²) in [5.41, 5.74) is 1.77. The van der Waals surface area contributed by atoms with Gasteiger partial charge in [-0.25, -0.2) is 0 Å². The van der Waals surface area contributed by atoms with Gasteiger partial charge in [0.2, 0.25) is 0 Å².